The summed E-state index contributed by atoms with van der Waals surface area (Å²) in [4.78, 5) is 16.5. The molecule has 1 aliphatic heterocycles. The molecule has 1 aliphatic rings. The number of hydrogen-bond donors (Lipinski definition) is 1. The Morgan fingerprint density at radius 1 is 1.27 bits per heavy atom. The molecule has 6 heteroatoms. The Morgan fingerprint density at radius 3 is 2.77 bits per heavy atom. The summed E-state index contributed by atoms with van der Waals surface area (Å²) < 4.78 is 11.1. The first-order valence-corrected chi connectivity index (χ1v) is 9.32. The number of nitrogens with one attached hydrogen (secondary N) is 1. The van der Waals surface area contributed by atoms with Gasteiger partial charge in [0.2, 0.25) is 5.88 Å². The third-order valence-corrected chi connectivity index (χ3v) is 4.56. The van der Waals surface area contributed by atoms with Crippen molar-refractivity contribution >= 4 is 17.5 Å². The van der Waals surface area contributed by atoms with Gasteiger partial charge in [-0.15, -0.1) is 0 Å². The van der Waals surface area contributed by atoms with Crippen molar-refractivity contribution in [3.05, 3.63) is 58.7 Å². The van der Waals surface area contributed by atoms with Gasteiger partial charge in [0.05, 0.1) is 18.8 Å². The van der Waals surface area contributed by atoms with E-state index in [1.54, 1.807) is 6.07 Å². The summed E-state index contributed by atoms with van der Waals surface area (Å²) in [5.41, 5.74) is 1.70. The molecule has 5 nitrogen and oxygen atoms in total. The highest BCUT2D eigenvalue weighted by Gasteiger charge is 2.18. The number of pyridine rings is 1. The zero-order chi connectivity index (χ0) is 18.2. The lowest BCUT2D eigenvalue weighted by Gasteiger charge is -2.23. The molecule has 0 saturated carbocycles. The second kappa shape index (κ2) is 9.55. The van der Waals surface area contributed by atoms with Gasteiger partial charge in [-0.2, -0.15) is 0 Å². The molecule has 1 N–H and O–H groups in total. The van der Waals surface area contributed by atoms with Crippen molar-refractivity contribution in [2.24, 2.45) is 0 Å². The maximum absolute atomic E-state index is 12.2. The van der Waals surface area contributed by atoms with Gasteiger partial charge in [-0.25, -0.2) is 4.98 Å². The maximum atomic E-state index is 12.2. The molecule has 26 heavy (non-hydrogen) atoms. The minimum absolute atomic E-state index is 0.0615. The van der Waals surface area contributed by atoms with Crippen molar-refractivity contribution in [1.82, 2.24) is 10.3 Å². The number of carbonyl (C=O) groups is 1. The molecular formula is C20H23ClN2O3. The molecule has 0 unspecified atom stereocenters. The van der Waals surface area contributed by atoms with Gasteiger partial charge in [-0.05, 0) is 24.5 Å². The fourth-order valence-corrected chi connectivity index (χ4v) is 3.04. The molecule has 0 spiro atoms. The van der Waals surface area contributed by atoms with E-state index in [1.165, 1.54) is 11.8 Å². The number of carbonyl (C=O) groups excluding carboxylic acids is 1. The van der Waals surface area contributed by atoms with E-state index in [-0.39, 0.29) is 12.0 Å². The van der Waals surface area contributed by atoms with E-state index in [0.717, 1.165) is 25.7 Å². The van der Waals surface area contributed by atoms with Gasteiger partial charge in [-0.3, -0.25) is 4.79 Å². The number of aryl methyl sites for hydroxylation is 1. The molecule has 138 valence electrons. The molecule has 0 aliphatic carbocycles. The Bertz CT molecular complexity index is 718. The van der Waals surface area contributed by atoms with E-state index in [0.29, 0.717) is 36.2 Å². The van der Waals surface area contributed by atoms with Crippen molar-refractivity contribution in [3.63, 3.8) is 0 Å². The number of aromatic nitrogens is 1. The Morgan fingerprint density at radius 2 is 2.04 bits per heavy atom. The van der Waals surface area contributed by atoms with E-state index in [9.17, 15) is 4.79 Å². The first-order valence-electron chi connectivity index (χ1n) is 8.94. The van der Waals surface area contributed by atoms with Crippen molar-refractivity contribution in [2.45, 2.75) is 31.8 Å². The zero-order valence-electron chi connectivity index (χ0n) is 14.6. The quantitative estimate of drug-likeness (QED) is 0.751. The molecule has 1 fully saturated rings. The highest BCUT2D eigenvalue weighted by molar-refractivity contribution is 6.32. The minimum Gasteiger partial charge on any atom is -0.473 e. The van der Waals surface area contributed by atoms with Gasteiger partial charge in [0.1, 0.15) is 11.1 Å². The van der Waals surface area contributed by atoms with Gasteiger partial charge in [0, 0.05) is 25.6 Å². The van der Waals surface area contributed by atoms with E-state index >= 15 is 0 Å². The smallest absolute Gasteiger partial charge is 0.252 e. The third kappa shape index (κ3) is 5.44. The fraction of sp³-hybridized carbons (Fsp3) is 0.400. The third-order valence-electron chi connectivity index (χ3n) is 4.29. The highest BCUT2D eigenvalue weighted by atomic mass is 35.5. The van der Waals surface area contributed by atoms with E-state index < -0.39 is 0 Å². The largest absolute Gasteiger partial charge is 0.473 e. The van der Waals surface area contributed by atoms with Gasteiger partial charge < -0.3 is 14.8 Å². The van der Waals surface area contributed by atoms with E-state index in [2.05, 4.69) is 22.4 Å². The summed E-state index contributed by atoms with van der Waals surface area (Å²) >= 11 is 6.24. The van der Waals surface area contributed by atoms with Crippen molar-refractivity contribution < 1.29 is 14.3 Å². The number of nitrogens with zero attached hydrogens (tertiary/aromatic N) is 1. The summed E-state index contributed by atoms with van der Waals surface area (Å²) in [5, 5.41) is 3.26. The van der Waals surface area contributed by atoms with Crippen LogP contribution in [0.1, 0.15) is 35.2 Å². The number of benzene rings is 1. The van der Waals surface area contributed by atoms with Crippen LogP contribution in [0.15, 0.2) is 42.6 Å². The Kier molecular flexibility index (Phi) is 6.86. The molecule has 1 saturated heterocycles. The van der Waals surface area contributed by atoms with Crippen LogP contribution in [0, 0.1) is 0 Å². The normalized spacial score (nSPS) is 14.8. The van der Waals surface area contributed by atoms with Crippen molar-refractivity contribution in [2.75, 3.05) is 19.8 Å². The van der Waals surface area contributed by atoms with Gasteiger partial charge in [0.15, 0.2) is 0 Å². The van der Waals surface area contributed by atoms with Crippen LogP contribution in [-0.4, -0.2) is 36.8 Å². The van der Waals surface area contributed by atoms with E-state index in [4.69, 9.17) is 21.1 Å². The average molecular weight is 375 g/mol. The predicted octanol–water partition coefficient (Wildman–Crippen LogP) is 3.66. The van der Waals surface area contributed by atoms with Crippen LogP contribution in [-0.2, 0) is 11.2 Å². The fourth-order valence-electron chi connectivity index (χ4n) is 2.83. The number of ether oxygens (including phenoxy) is 2. The first kappa shape index (κ1) is 18.7. The van der Waals surface area contributed by atoms with E-state index in [1.807, 2.05) is 18.2 Å². The van der Waals surface area contributed by atoms with Crippen LogP contribution in [0.25, 0.3) is 0 Å². The lowest BCUT2D eigenvalue weighted by atomic mass is 10.1. The molecule has 2 heterocycles. The van der Waals surface area contributed by atoms with Gasteiger partial charge in [-0.1, -0.05) is 41.9 Å². The van der Waals surface area contributed by atoms with Crippen LogP contribution in [0.3, 0.4) is 0 Å². The Labute approximate surface area is 158 Å². The standard InChI is InChI=1S/C20H23ClN2O3/c21-18-13-16(14-23-20(18)26-17-8-11-25-12-9-17)19(24)22-10-4-7-15-5-2-1-3-6-15/h1-3,5-6,13-14,17H,4,7-12H2,(H,22,24). The molecule has 0 bridgehead atoms. The summed E-state index contributed by atoms with van der Waals surface area (Å²) in [5.74, 6) is 0.198. The molecule has 1 aromatic carbocycles. The topological polar surface area (TPSA) is 60.5 Å². The highest BCUT2D eigenvalue weighted by Crippen LogP contribution is 2.25. The lowest BCUT2D eigenvalue weighted by Crippen LogP contribution is -2.27. The van der Waals surface area contributed by atoms with Crippen LogP contribution in [0.2, 0.25) is 5.02 Å². The van der Waals surface area contributed by atoms with Gasteiger partial charge >= 0.3 is 0 Å². The first-order chi connectivity index (χ1) is 12.7. The monoisotopic (exact) mass is 374 g/mol. The number of hydrogen-bond acceptors (Lipinski definition) is 4. The molecule has 2 aromatic rings. The molecule has 3 rings (SSSR count). The Balaban J connectivity index is 1.47. The predicted molar refractivity (Wildman–Crippen MR) is 101 cm³/mol. The van der Waals surface area contributed by atoms with Crippen LogP contribution >= 0.6 is 11.6 Å². The lowest BCUT2D eigenvalue weighted by molar-refractivity contribution is 0.0238. The maximum Gasteiger partial charge on any atom is 0.252 e. The summed E-state index contributed by atoms with van der Waals surface area (Å²) in [6.45, 7) is 1.98. The number of halogens is 1. The molecule has 1 amide bonds. The van der Waals surface area contributed by atoms with Gasteiger partial charge in [0.25, 0.3) is 5.91 Å². The van der Waals surface area contributed by atoms with Crippen molar-refractivity contribution in [1.29, 1.82) is 0 Å². The van der Waals surface area contributed by atoms with Crippen LogP contribution in [0.5, 0.6) is 5.88 Å². The molecule has 1 aromatic heterocycles. The summed E-state index contributed by atoms with van der Waals surface area (Å²) in [6.07, 6.45) is 5.02. The SMILES string of the molecule is O=C(NCCCc1ccccc1)c1cnc(OC2CCOCC2)c(Cl)c1. The minimum atomic E-state index is -0.176. The molecular weight excluding hydrogens is 352 g/mol. The van der Waals surface area contributed by atoms with Crippen LogP contribution < -0.4 is 10.1 Å². The molecule has 0 atom stereocenters. The Hall–Kier alpha value is -2.11. The number of amides is 1. The second-order valence-corrected chi connectivity index (χ2v) is 6.69. The van der Waals surface area contributed by atoms with Crippen molar-refractivity contribution in [3.8, 4) is 5.88 Å². The second-order valence-electron chi connectivity index (χ2n) is 6.29. The van der Waals surface area contributed by atoms with Crippen LogP contribution in [0.4, 0.5) is 0 Å². The summed E-state index contributed by atoms with van der Waals surface area (Å²) in [7, 11) is 0. The zero-order valence-corrected chi connectivity index (χ0v) is 15.4. The molecule has 0 radical (unpaired) electrons. The summed E-state index contributed by atoms with van der Waals surface area (Å²) in [6, 6.07) is 11.8. The number of rotatable bonds is 7. The average Bonchev–Trinajstić information content (AvgIpc) is 2.68.